The highest BCUT2D eigenvalue weighted by Gasteiger charge is 2.31. The lowest BCUT2D eigenvalue weighted by atomic mass is 9.82. The summed E-state index contributed by atoms with van der Waals surface area (Å²) in [5.41, 5.74) is 9.75. The molecule has 3 heteroatoms. The molecule has 1 atom stereocenters. The molecule has 0 saturated carbocycles. The van der Waals surface area contributed by atoms with Gasteiger partial charge in [-0.15, -0.1) is 0 Å². The van der Waals surface area contributed by atoms with Gasteiger partial charge >= 0.3 is 0 Å². The van der Waals surface area contributed by atoms with Gasteiger partial charge in [-0.25, -0.2) is 0 Å². The maximum atomic E-state index is 9.62. The molecule has 1 aliphatic heterocycles. The summed E-state index contributed by atoms with van der Waals surface area (Å²) in [5, 5.41) is 11.7. The van der Waals surface area contributed by atoms with Crippen molar-refractivity contribution in [1.29, 1.82) is 5.26 Å². The molecule has 4 rings (SSSR count). The third-order valence-electron chi connectivity index (χ3n) is 4.52. The van der Waals surface area contributed by atoms with Crippen molar-refractivity contribution in [3.8, 4) is 11.8 Å². The molecule has 0 radical (unpaired) electrons. The molecule has 0 bridgehead atoms. The fourth-order valence-corrected chi connectivity index (χ4v) is 3.29. The SMILES string of the molecule is Cc1ccc([C@@H]2C(C#N)=C(N)Oc3c2ccc2ccccc32)cc1. The summed E-state index contributed by atoms with van der Waals surface area (Å²) in [6.45, 7) is 2.05. The summed E-state index contributed by atoms with van der Waals surface area (Å²) in [7, 11) is 0. The van der Waals surface area contributed by atoms with E-state index in [1.54, 1.807) is 0 Å². The number of rotatable bonds is 1. The number of fused-ring (bicyclic) bond motifs is 3. The smallest absolute Gasteiger partial charge is 0.205 e. The third kappa shape index (κ3) is 2.12. The largest absolute Gasteiger partial charge is 0.440 e. The summed E-state index contributed by atoms with van der Waals surface area (Å²) in [6, 6.07) is 22.6. The van der Waals surface area contributed by atoms with Crippen LogP contribution in [0.5, 0.6) is 5.75 Å². The second kappa shape index (κ2) is 5.43. The molecule has 3 aromatic rings. The first-order valence-electron chi connectivity index (χ1n) is 7.85. The lowest BCUT2D eigenvalue weighted by molar-refractivity contribution is 0.398. The van der Waals surface area contributed by atoms with Crippen LogP contribution in [0.15, 0.2) is 72.1 Å². The van der Waals surface area contributed by atoms with Crippen LogP contribution in [-0.2, 0) is 0 Å². The first-order valence-corrected chi connectivity index (χ1v) is 7.85. The molecule has 0 saturated heterocycles. The minimum Gasteiger partial charge on any atom is -0.440 e. The molecular weight excluding hydrogens is 296 g/mol. The summed E-state index contributed by atoms with van der Waals surface area (Å²) < 4.78 is 5.86. The zero-order valence-corrected chi connectivity index (χ0v) is 13.3. The fourth-order valence-electron chi connectivity index (χ4n) is 3.29. The van der Waals surface area contributed by atoms with E-state index in [1.165, 1.54) is 5.56 Å². The van der Waals surface area contributed by atoms with Gasteiger partial charge in [-0.3, -0.25) is 0 Å². The van der Waals surface area contributed by atoms with Gasteiger partial charge < -0.3 is 10.5 Å². The summed E-state index contributed by atoms with van der Waals surface area (Å²) >= 11 is 0. The van der Waals surface area contributed by atoms with Gasteiger partial charge in [0.25, 0.3) is 0 Å². The molecule has 3 aromatic carbocycles. The van der Waals surface area contributed by atoms with Crippen LogP contribution in [0.1, 0.15) is 22.6 Å². The van der Waals surface area contributed by atoms with Crippen LogP contribution in [-0.4, -0.2) is 0 Å². The number of nitrogens with zero attached hydrogens (tertiary/aromatic N) is 1. The van der Waals surface area contributed by atoms with Crippen molar-refractivity contribution < 1.29 is 4.74 Å². The summed E-state index contributed by atoms with van der Waals surface area (Å²) in [6.07, 6.45) is 0. The first-order chi connectivity index (χ1) is 11.7. The highest BCUT2D eigenvalue weighted by molar-refractivity contribution is 5.90. The molecule has 3 nitrogen and oxygen atoms in total. The fraction of sp³-hybridized carbons (Fsp3) is 0.0952. The predicted octanol–water partition coefficient (Wildman–Crippen LogP) is 4.37. The zero-order chi connectivity index (χ0) is 16.7. The number of hydrogen-bond donors (Lipinski definition) is 1. The molecule has 24 heavy (non-hydrogen) atoms. The topological polar surface area (TPSA) is 59.0 Å². The van der Waals surface area contributed by atoms with Gasteiger partial charge in [0.1, 0.15) is 17.4 Å². The van der Waals surface area contributed by atoms with E-state index >= 15 is 0 Å². The van der Waals surface area contributed by atoms with Crippen LogP contribution < -0.4 is 10.5 Å². The van der Waals surface area contributed by atoms with E-state index in [0.717, 1.165) is 27.6 Å². The van der Waals surface area contributed by atoms with Crippen molar-refractivity contribution in [2.45, 2.75) is 12.8 Å². The number of nitrogens with two attached hydrogens (primary N) is 1. The third-order valence-corrected chi connectivity index (χ3v) is 4.52. The van der Waals surface area contributed by atoms with Crippen LogP contribution in [0.4, 0.5) is 0 Å². The molecule has 0 amide bonds. The molecule has 0 unspecified atom stereocenters. The van der Waals surface area contributed by atoms with Gasteiger partial charge in [0, 0.05) is 10.9 Å². The Morgan fingerprint density at radius 3 is 2.50 bits per heavy atom. The number of benzene rings is 3. The number of allylic oxidation sites excluding steroid dienone is 1. The van der Waals surface area contributed by atoms with Crippen molar-refractivity contribution in [3.05, 3.63) is 88.8 Å². The van der Waals surface area contributed by atoms with Crippen LogP contribution in [0.25, 0.3) is 10.8 Å². The second-order valence-corrected chi connectivity index (χ2v) is 6.04. The Kier molecular flexibility index (Phi) is 3.25. The predicted molar refractivity (Wildman–Crippen MR) is 94.4 cm³/mol. The Morgan fingerprint density at radius 2 is 1.75 bits per heavy atom. The van der Waals surface area contributed by atoms with Crippen LogP contribution in [0.3, 0.4) is 0 Å². The second-order valence-electron chi connectivity index (χ2n) is 6.04. The van der Waals surface area contributed by atoms with Gasteiger partial charge in [-0.1, -0.05) is 66.2 Å². The van der Waals surface area contributed by atoms with E-state index in [2.05, 4.69) is 36.4 Å². The molecule has 0 spiro atoms. The van der Waals surface area contributed by atoms with Gasteiger partial charge in [0.15, 0.2) is 0 Å². The van der Waals surface area contributed by atoms with E-state index in [-0.39, 0.29) is 11.8 Å². The Hall–Kier alpha value is -3.25. The monoisotopic (exact) mass is 312 g/mol. The average Bonchev–Trinajstić information content (AvgIpc) is 2.61. The Balaban J connectivity index is 2.00. The Morgan fingerprint density at radius 1 is 1.00 bits per heavy atom. The minimum absolute atomic E-state index is 0.187. The van der Waals surface area contributed by atoms with Crippen molar-refractivity contribution in [2.75, 3.05) is 0 Å². The van der Waals surface area contributed by atoms with E-state index in [0.29, 0.717) is 5.57 Å². The minimum atomic E-state index is -0.205. The lowest BCUT2D eigenvalue weighted by Crippen LogP contribution is -2.21. The average molecular weight is 312 g/mol. The van der Waals surface area contributed by atoms with Crippen LogP contribution in [0, 0.1) is 18.3 Å². The maximum absolute atomic E-state index is 9.62. The van der Waals surface area contributed by atoms with E-state index in [4.69, 9.17) is 10.5 Å². The maximum Gasteiger partial charge on any atom is 0.205 e. The van der Waals surface area contributed by atoms with Gasteiger partial charge in [-0.05, 0) is 17.9 Å². The van der Waals surface area contributed by atoms with Gasteiger partial charge in [0.05, 0.1) is 5.92 Å². The quantitative estimate of drug-likeness (QED) is 0.726. The van der Waals surface area contributed by atoms with Crippen molar-refractivity contribution >= 4 is 10.8 Å². The molecule has 0 fully saturated rings. The molecule has 0 aliphatic carbocycles. The molecule has 2 N–H and O–H groups in total. The van der Waals surface area contributed by atoms with E-state index < -0.39 is 0 Å². The van der Waals surface area contributed by atoms with E-state index in [1.807, 2.05) is 37.3 Å². The number of aryl methyl sites for hydroxylation is 1. The molecular formula is C21H16N2O. The molecule has 1 heterocycles. The Bertz CT molecular complexity index is 1010. The van der Waals surface area contributed by atoms with Crippen molar-refractivity contribution in [2.24, 2.45) is 5.73 Å². The van der Waals surface area contributed by atoms with Crippen LogP contribution in [0.2, 0.25) is 0 Å². The lowest BCUT2D eigenvalue weighted by Gasteiger charge is -2.27. The number of nitriles is 1. The van der Waals surface area contributed by atoms with Crippen LogP contribution >= 0.6 is 0 Å². The van der Waals surface area contributed by atoms with Gasteiger partial charge in [0.2, 0.25) is 5.88 Å². The van der Waals surface area contributed by atoms with Crippen molar-refractivity contribution in [1.82, 2.24) is 0 Å². The molecule has 1 aliphatic rings. The first kappa shape index (κ1) is 14.3. The van der Waals surface area contributed by atoms with E-state index in [9.17, 15) is 5.26 Å². The van der Waals surface area contributed by atoms with Gasteiger partial charge in [-0.2, -0.15) is 5.26 Å². The zero-order valence-electron chi connectivity index (χ0n) is 13.3. The standard InChI is InChI=1S/C21H16N2O/c1-13-6-8-15(9-7-13)19-17-11-10-14-4-2-3-5-16(14)20(17)24-21(23)18(19)12-22/h2-11,19H,23H2,1H3/t19-/m0/s1. The highest BCUT2D eigenvalue weighted by atomic mass is 16.5. The highest BCUT2D eigenvalue weighted by Crippen LogP contribution is 2.45. The normalized spacial score (nSPS) is 16.4. The summed E-state index contributed by atoms with van der Waals surface area (Å²) in [4.78, 5) is 0. The Labute approximate surface area is 140 Å². The van der Waals surface area contributed by atoms with Crippen molar-refractivity contribution in [3.63, 3.8) is 0 Å². The molecule has 0 aromatic heterocycles. The molecule has 116 valence electrons. The number of hydrogen-bond acceptors (Lipinski definition) is 3. The number of ether oxygens (including phenoxy) is 1. The summed E-state index contributed by atoms with van der Waals surface area (Å²) in [5.74, 6) is 0.728.